The van der Waals surface area contributed by atoms with Gasteiger partial charge in [-0.1, -0.05) is 6.07 Å². The molecular formula is C13H20N2O3. The molecule has 0 radical (unpaired) electrons. The molecule has 1 aromatic heterocycles. The van der Waals surface area contributed by atoms with Crippen molar-refractivity contribution in [3.05, 3.63) is 30.1 Å². The molecule has 1 atom stereocenters. The van der Waals surface area contributed by atoms with Gasteiger partial charge in [0, 0.05) is 19.5 Å². The molecule has 0 spiro atoms. The number of carbonyl (C=O) groups excluding carboxylic acids is 1. The molecule has 5 heteroatoms. The first-order valence-corrected chi connectivity index (χ1v) is 5.81. The van der Waals surface area contributed by atoms with Crippen LogP contribution in [0.25, 0.3) is 0 Å². The highest BCUT2D eigenvalue weighted by Crippen LogP contribution is 2.13. The van der Waals surface area contributed by atoms with E-state index in [1.54, 1.807) is 19.5 Å². The highest BCUT2D eigenvalue weighted by molar-refractivity contribution is 5.68. The number of amides is 1. The number of hydrogen-bond donors (Lipinski definition) is 1. The summed E-state index contributed by atoms with van der Waals surface area (Å²) in [5.41, 5.74) is 0.363. The van der Waals surface area contributed by atoms with Crippen LogP contribution < -0.4 is 5.32 Å². The SMILES string of the molecule is COC[C@@H](NC(=O)OC(C)(C)C)c1cccnc1. The second-order valence-corrected chi connectivity index (χ2v) is 4.94. The number of nitrogens with one attached hydrogen (secondary N) is 1. The average Bonchev–Trinajstić information content (AvgIpc) is 2.27. The van der Waals surface area contributed by atoms with Crippen LogP contribution in [0.15, 0.2) is 24.5 Å². The maximum Gasteiger partial charge on any atom is 0.408 e. The van der Waals surface area contributed by atoms with E-state index in [-0.39, 0.29) is 6.04 Å². The van der Waals surface area contributed by atoms with Gasteiger partial charge in [0.1, 0.15) is 5.60 Å². The fourth-order valence-corrected chi connectivity index (χ4v) is 1.42. The summed E-state index contributed by atoms with van der Waals surface area (Å²) in [4.78, 5) is 15.7. The third kappa shape index (κ3) is 5.14. The lowest BCUT2D eigenvalue weighted by atomic mass is 10.1. The van der Waals surface area contributed by atoms with Crippen LogP contribution >= 0.6 is 0 Å². The van der Waals surface area contributed by atoms with Gasteiger partial charge in [0.2, 0.25) is 0 Å². The number of ether oxygens (including phenoxy) is 2. The number of alkyl carbamates (subject to hydrolysis) is 1. The Morgan fingerprint density at radius 2 is 2.22 bits per heavy atom. The molecule has 1 amide bonds. The fourth-order valence-electron chi connectivity index (χ4n) is 1.42. The molecule has 0 bridgehead atoms. The van der Waals surface area contributed by atoms with E-state index >= 15 is 0 Å². The normalized spacial score (nSPS) is 12.9. The van der Waals surface area contributed by atoms with Crippen LogP contribution in [0.2, 0.25) is 0 Å². The number of pyridine rings is 1. The van der Waals surface area contributed by atoms with Gasteiger partial charge in [-0.2, -0.15) is 0 Å². The van der Waals surface area contributed by atoms with E-state index in [2.05, 4.69) is 10.3 Å². The molecule has 1 rings (SSSR count). The minimum Gasteiger partial charge on any atom is -0.444 e. The molecule has 1 N–H and O–H groups in total. The maximum atomic E-state index is 11.7. The van der Waals surface area contributed by atoms with Gasteiger partial charge < -0.3 is 14.8 Å². The second-order valence-electron chi connectivity index (χ2n) is 4.94. The summed E-state index contributed by atoms with van der Waals surface area (Å²) in [6, 6.07) is 3.43. The van der Waals surface area contributed by atoms with Crippen molar-refractivity contribution in [3.8, 4) is 0 Å². The molecule has 1 heterocycles. The summed E-state index contributed by atoms with van der Waals surface area (Å²) in [5, 5.41) is 2.76. The van der Waals surface area contributed by atoms with E-state index in [9.17, 15) is 4.79 Å². The summed E-state index contributed by atoms with van der Waals surface area (Å²) in [5.74, 6) is 0. The predicted octanol–water partition coefficient (Wildman–Crippen LogP) is 2.29. The molecule has 5 nitrogen and oxygen atoms in total. The Labute approximate surface area is 108 Å². The molecule has 100 valence electrons. The lowest BCUT2D eigenvalue weighted by Gasteiger charge is -2.23. The Hall–Kier alpha value is -1.62. The zero-order valence-corrected chi connectivity index (χ0v) is 11.3. The standard InChI is InChI=1S/C13H20N2O3/c1-13(2,3)18-12(16)15-11(9-17-4)10-6-5-7-14-8-10/h5-8,11H,9H2,1-4H3,(H,15,16)/t11-/m1/s1. The molecule has 0 saturated heterocycles. The molecule has 0 unspecified atom stereocenters. The quantitative estimate of drug-likeness (QED) is 0.893. The summed E-state index contributed by atoms with van der Waals surface area (Å²) in [7, 11) is 1.58. The van der Waals surface area contributed by atoms with Crippen molar-refractivity contribution in [2.45, 2.75) is 32.4 Å². The molecule has 0 aliphatic carbocycles. The highest BCUT2D eigenvalue weighted by atomic mass is 16.6. The van der Waals surface area contributed by atoms with Crippen molar-refractivity contribution in [1.82, 2.24) is 10.3 Å². The largest absolute Gasteiger partial charge is 0.444 e. The molecule has 0 aliphatic rings. The van der Waals surface area contributed by atoms with Gasteiger partial charge in [-0.05, 0) is 32.4 Å². The van der Waals surface area contributed by atoms with E-state index in [1.807, 2.05) is 32.9 Å². The van der Waals surface area contributed by atoms with Crippen LogP contribution in [0.5, 0.6) is 0 Å². The Kier molecular flexibility index (Phi) is 5.09. The zero-order chi connectivity index (χ0) is 13.6. The van der Waals surface area contributed by atoms with Gasteiger partial charge in [0.25, 0.3) is 0 Å². The first-order chi connectivity index (χ1) is 8.42. The van der Waals surface area contributed by atoms with Crippen molar-refractivity contribution in [2.24, 2.45) is 0 Å². The number of carbonyl (C=O) groups is 1. The Morgan fingerprint density at radius 1 is 1.50 bits per heavy atom. The van der Waals surface area contributed by atoms with Crippen LogP contribution in [-0.2, 0) is 9.47 Å². The smallest absolute Gasteiger partial charge is 0.408 e. The van der Waals surface area contributed by atoms with Gasteiger partial charge in [-0.15, -0.1) is 0 Å². The van der Waals surface area contributed by atoms with Crippen molar-refractivity contribution < 1.29 is 14.3 Å². The summed E-state index contributed by atoms with van der Waals surface area (Å²) in [6.07, 6.45) is 2.91. The lowest BCUT2D eigenvalue weighted by molar-refractivity contribution is 0.0468. The van der Waals surface area contributed by atoms with E-state index < -0.39 is 11.7 Å². The molecule has 0 saturated carbocycles. The Morgan fingerprint density at radius 3 is 2.72 bits per heavy atom. The van der Waals surface area contributed by atoms with E-state index in [0.29, 0.717) is 6.61 Å². The minimum absolute atomic E-state index is 0.265. The van der Waals surface area contributed by atoms with Crippen molar-refractivity contribution in [2.75, 3.05) is 13.7 Å². The fraction of sp³-hybridized carbons (Fsp3) is 0.538. The topological polar surface area (TPSA) is 60.5 Å². The van der Waals surface area contributed by atoms with Crippen LogP contribution in [0, 0.1) is 0 Å². The Balaban J connectivity index is 2.67. The molecule has 1 aromatic rings. The van der Waals surface area contributed by atoms with Crippen molar-refractivity contribution in [3.63, 3.8) is 0 Å². The first kappa shape index (κ1) is 14.4. The van der Waals surface area contributed by atoms with Crippen LogP contribution in [0.4, 0.5) is 4.79 Å². The summed E-state index contributed by atoms with van der Waals surface area (Å²) in [6.45, 7) is 5.83. The molecule has 0 aromatic carbocycles. The lowest BCUT2D eigenvalue weighted by Crippen LogP contribution is -2.36. The molecule has 0 aliphatic heterocycles. The monoisotopic (exact) mass is 252 g/mol. The third-order valence-electron chi connectivity index (χ3n) is 2.11. The third-order valence-corrected chi connectivity index (χ3v) is 2.11. The number of methoxy groups -OCH3 is 1. The molecule has 18 heavy (non-hydrogen) atoms. The van der Waals surface area contributed by atoms with Gasteiger partial charge in [-0.3, -0.25) is 4.98 Å². The van der Waals surface area contributed by atoms with Crippen LogP contribution in [0.1, 0.15) is 32.4 Å². The minimum atomic E-state index is -0.517. The van der Waals surface area contributed by atoms with E-state index in [0.717, 1.165) is 5.56 Å². The molecule has 0 fully saturated rings. The highest BCUT2D eigenvalue weighted by Gasteiger charge is 2.20. The number of hydrogen-bond acceptors (Lipinski definition) is 4. The van der Waals surface area contributed by atoms with Crippen LogP contribution in [-0.4, -0.2) is 30.4 Å². The first-order valence-electron chi connectivity index (χ1n) is 5.81. The number of nitrogens with zero attached hydrogens (tertiary/aromatic N) is 1. The van der Waals surface area contributed by atoms with E-state index in [1.165, 1.54) is 0 Å². The van der Waals surface area contributed by atoms with Gasteiger partial charge in [0.05, 0.1) is 12.6 Å². The van der Waals surface area contributed by atoms with Gasteiger partial charge in [-0.25, -0.2) is 4.79 Å². The second kappa shape index (κ2) is 6.35. The summed E-state index contributed by atoms with van der Waals surface area (Å²) >= 11 is 0. The predicted molar refractivity (Wildman–Crippen MR) is 68.2 cm³/mol. The van der Waals surface area contributed by atoms with Crippen molar-refractivity contribution >= 4 is 6.09 Å². The maximum absolute atomic E-state index is 11.7. The number of rotatable bonds is 4. The molecular weight excluding hydrogens is 232 g/mol. The zero-order valence-electron chi connectivity index (χ0n) is 11.3. The van der Waals surface area contributed by atoms with E-state index in [4.69, 9.17) is 9.47 Å². The Bertz CT molecular complexity index is 374. The van der Waals surface area contributed by atoms with Crippen molar-refractivity contribution in [1.29, 1.82) is 0 Å². The van der Waals surface area contributed by atoms with Crippen LogP contribution in [0.3, 0.4) is 0 Å². The summed E-state index contributed by atoms with van der Waals surface area (Å²) < 4.78 is 10.3. The van der Waals surface area contributed by atoms with Gasteiger partial charge >= 0.3 is 6.09 Å². The number of aromatic nitrogens is 1. The van der Waals surface area contributed by atoms with Gasteiger partial charge in [0.15, 0.2) is 0 Å². The average molecular weight is 252 g/mol.